The van der Waals surface area contributed by atoms with Gasteiger partial charge in [-0.25, -0.2) is 8.42 Å². The summed E-state index contributed by atoms with van der Waals surface area (Å²) in [6.07, 6.45) is 5.04. The summed E-state index contributed by atoms with van der Waals surface area (Å²) < 4.78 is 36.2. The van der Waals surface area contributed by atoms with E-state index < -0.39 is 16.0 Å². The average Bonchev–Trinajstić information content (AvgIpc) is 2.51. The van der Waals surface area contributed by atoms with E-state index in [2.05, 4.69) is 4.72 Å². The zero-order valence-corrected chi connectivity index (χ0v) is 16.2. The standard InChI is InChI=1S/C16H26N2O5S.ClH/c1-3-15(19)23-16-13(18-24(2,20)21)9-8-10-14(16)22-12-7-5-4-6-11-17;/h8-10,18H,3-7,11-12,17H2,1-2H3;1H. The van der Waals surface area contributed by atoms with Gasteiger partial charge in [0.15, 0.2) is 11.5 Å². The molecule has 0 aromatic heterocycles. The second-order valence-corrected chi connectivity index (χ2v) is 7.13. The van der Waals surface area contributed by atoms with Crippen LogP contribution in [0, 0.1) is 0 Å². The highest BCUT2D eigenvalue weighted by molar-refractivity contribution is 7.92. The number of benzene rings is 1. The molecular formula is C16H27ClN2O5S. The fourth-order valence-corrected chi connectivity index (χ4v) is 2.54. The molecule has 0 saturated carbocycles. The Balaban J connectivity index is 0.00000576. The Bertz CT molecular complexity index is 637. The van der Waals surface area contributed by atoms with Gasteiger partial charge in [0.1, 0.15) is 0 Å². The predicted octanol–water partition coefficient (Wildman–Crippen LogP) is 2.69. The minimum atomic E-state index is -3.50. The summed E-state index contributed by atoms with van der Waals surface area (Å²) in [7, 11) is -3.50. The molecule has 1 rings (SSSR count). The molecule has 0 amide bonds. The van der Waals surface area contributed by atoms with Crippen LogP contribution in [0.1, 0.15) is 39.0 Å². The van der Waals surface area contributed by atoms with Crippen molar-refractivity contribution in [3.63, 3.8) is 0 Å². The van der Waals surface area contributed by atoms with Crippen molar-refractivity contribution in [1.82, 2.24) is 0 Å². The largest absolute Gasteiger partial charge is 0.490 e. The van der Waals surface area contributed by atoms with Gasteiger partial charge < -0.3 is 15.2 Å². The van der Waals surface area contributed by atoms with Gasteiger partial charge in [0.2, 0.25) is 10.0 Å². The number of sulfonamides is 1. The summed E-state index contributed by atoms with van der Waals surface area (Å²) in [5, 5.41) is 0. The van der Waals surface area contributed by atoms with Gasteiger partial charge >= 0.3 is 5.97 Å². The summed E-state index contributed by atoms with van der Waals surface area (Å²) in [4.78, 5) is 11.6. The van der Waals surface area contributed by atoms with E-state index in [9.17, 15) is 13.2 Å². The van der Waals surface area contributed by atoms with Gasteiger partial charge in [0.25, 0.3) is 0 Å². The molecule has 0 atom stereocenters. The van der Waals surface area contributed by atoms with Gasteiger partial charge in [0.05, 0.1) is 18.6 Å². The molecule has 0 spiro atoms. The topological polar surface area (TPSA) is 108 Å². The fourth-order valence-electron chi connectivity index (χ4n) is 1.98. The molecule has 0 heterocycles. The van der Waals surface area contributed by atoms with Crippen LogP contribution in [0.25, 0.3) is 0 Å². The lowest BCUT2D eigenvalue weighted by atomic mass is 10.2. The Morgan fingerprint density at radius 3 is 2.48 bits per heavy atom. The number of rotatable bonds is 11. The molecular weight excluding hydrogens is 368 g/mol. The van der Waals surface area contributed by atoms with Crippen LogP contribution in [0.15, 0.2) is 18.2 Å². The number of nitrogens with one attached hydrogen (secondary N) is 1. The van der Waals surface area contributed by atoms with E-state index >= 15 is 0 Å². The van der Waals surface area contributed by atoms with E-state index in [0.717, 1.165) is 31.9 Å². The number of hydrogen-bond donors (Lipinski definition) is 2. The number of esters is 1. The molecule has 0 saturated heterocycles. The summed E-state index contributed by atoms with van der Waals surface area (Å²) in [5.41, 5.74) is 5.63. The van der Waals surface area contributed by atoms with E-state index in [1.165, 1.54) is 6.07 Å². The average molecular weight is 395 g/mol. The Morgan fingerprint density at radius 2 is 1.88 bits per heavy atom. The second-order valence-electron chi connectivity index (χ2n) is 5.39. The summed E-state index contributed by atoms with van der Waals surface area (Å²) >= 11 is 0. The first-order valence-corrected chi connectivity index (χ1v) is 9.91. The molecule has 0 unspecified atom stereocenters. The van der Waals surface area contributed by atoms with Gasteiger partial charge in [-0.2, -0.15) is 0 Å². The van der Waals surface area contributed by atoms with Crippen molar-refractivity contribution in [2.24, 2.45) is 5.73 Å². The summed E-state index contributed by atoms with van der Waals surface area (Å²) in [6.45, 7) is 2.79. The number of carbonyl (C=O) groups is 1. The van der Waals surface area contributed by atoms with Crippen molar-refractivity contribution in [2.45, 2.75) is 39.0 Å². The fraction of sp³-hybridized carbons (Fsp3) is 0.562. The third-order valence-electron chi connectivity index (χ3n) is 3.13. The molecule has 0 bridgehead atoms. The lowest BCUT2D eigenvalue weighted by molar-refractivity contribution is -0.134. The third-order valence-corrected chi connectivity index (χ3v) is 3.73. The second kappa shape index (κ2) is 11.9. The van der Waals surface area contributed by atoms with Crippen molar-refractivity contribution in [2.75, 3.05) is 24.1 Å². The smallest absolute Gasteiger partial charge is 0.311 e. The highest BCUT2D eigenvalue weighted by Gasteiger charge is 2.17. The number of nitrogens with two attached hydrogens (primary N) is 1. The first kappa shape index (κ1) is 23.5. The number of carbonyl (C=O) groups excluding carboxylic acids is 1. The van der Waals surface area contributed by atoms with Crippen molar-refractivity contribution in [1.29, 1.82) is 0 Å². The van der Waals surface area contributed by atoms with Crippen LogP contribution in [0.4, 0.5) is 5.69 Å². The number of ether oxygens (including phenoxy) is 2. The first-order valence-electron chi connectivity index (χ1n) is 8.01. The highest BCUT2D eigenvalue weighted by Crippen LogP contribution is 2.36. The van der Waals surface area contributed by atoms with Crippen LogP contribution in [0.2, 0.25) is 0 Å². The Hall–Kier alpha value is -1.51. The first-order chi connectivity index (χ1) is 11.4. The lowest BCUT2D eigenvalue weighted by Crippen LogP contribution is -2.14. The van der Waals surface area contributed by atoms with Gasteiger partial charge in [0, 0.05) is 6.42 Å². The van der Waals surface area contributed by atoms with E-state index in [1.807, 2.05) is 0 Å². The molecule has 0 aliphatic rings. The molecule has 7 nitrogen and oxygen atoms in total. The highest BCUT2D eigenvalue weighted by atomic mass is 35.5. The van der Waals surface area contributed by atoms with Gasteiger partial charge in [-0.3, -0.25) is 9.52 Å². The van der Waals surface area contributed by atoms with Crippen LogP contribution >= 0.6 is 12.4 Å². The SMILES string of the molecule is CCC(=O)Oc1c(NS(C)(=O)=O)cccc1OCCCCCCN.Cl. The quantitative estimate of drug-likeness (QED) is 0.339. The van der Waals surface area contributed by atoms with E-state index in [1.54, 1.807) is 19.1 Å². The molecule has 0 aliphatic carbocycles. The molecule has 144 valence electrons. The maximum Gasteiger partial charge on any atom is 0.311 e. The molecule has 9 heteroatoms. The number of anilines is 1. The molecule has 1 aromatic carbocycles. The van der Waals surface area contributed by atoms with Crippen LogP contribution in [0.3, 0.4) is 0 Å². The third kappa shape index (κ3) is 9.52. The minimum Gasteiger partial charge on any atom is -0.490 e. The predicted molar refractivity (Wildman–Crippen MR) is 101 cm³/mol. The van der Waals surface area contributed by atoms with Crippen molar-refractivity contribution in [3.05, 3.63) is 18.2 Å². The monoisotopic (exact) mass is 394 g/mol. The van der Waals surface area contributed by atoms with Gasteiger partial charge in [-0.05, 0) is 31.5 Å². The molecule has 0 aliphatic heterocycles. The molecule has 3 N–H and O–H groups in total. The van der Waals surface area contributed by atoms with Gasteiger partial charge in [-0.1, -0.05) is 25.8 Å². The molecule has 25 heavy (non-hydrogen) atoms. The number of para-hydroxylation sites is 1. The minimum absolute atomic E-state index is 0. The van der Waals surface area contributed by atoms with Crippen LogP contribution in [0.5, 0.6) is 11.5 Å². The number of hydrogen-bond acceptors (Lipinski definition) is 6. The normalized spacial score (nSPS) is 10.7. The lowest BCUT2D eigenvalue weighted by Gasteiger charge is -2.15. The number of unbranched alkanes of at least 4 members (excludes halogenated alkanes) is 3. The maximum absolute atomic E-state index is 11.6. The van der Waals surface area contributed by atoms with Crippen LogP contribution < -0.4 is 19.9 Å². The van der Waals surface area contributed by atoms with E-state index in [0.29, 0.717) is 18.9 Å². The zero-order valence-electron chi connectivity index (χ0n) is 14.6. The van der Waals surface area contributed by atoms with Crippen molar-refractivity contribution < 1.29 is 22.7 Å². The summed E-state index contributed by atoms with van der Waals surface area (Å²) in [6, 6.07) is 4.81. The van der Waals surface area contributed by atoms with Crippen LogP contribution in [-0.2, 0) is 14.8 Å². The molecule has 1 aromatic rings. The maximum atomic E-state index is 11.6. The van der Waals surface area contributed by atoms with Gasteiger partial charge in [-0.15, -0.1) is 12.4 Å². The van der Waals surface area contributed by atoms with E-state index in [-0.39, 0.29) is 30.3 Å². The molecule has 0 radical (unpaired) electrons. The van der Waals surface area contributed by atoms with Crippen molar-refractivity contribution >= 4 is 34.1 Å². The Labute approximate surface area is 155 Å². The van der Waals surface area contributed by atoms with E-state index in [4.69, 9.17) is 15.2 Å². The molecule has 0 fully saturated rings. The Kier molecular flexibility index (Phi) is 11.2. The zero-order chi connectivity index (χ0) is 18.0. The Morgan fingerprint density at radius 1 is 1.20 bits per heavy atom. The number of halogens is 1. The van der Waals surface area contributed by atoms with Crippen LogP contribution in [-0.4, -0.2) is 33.8 Å². The summed E-state index contributed by atoms with van der Waals surface area (Å²) in [5.74, 6) is -0.0356. The van der Waals surface area contributed by atoms with Crippen molar-refractivity contribution in [3.8, 4) is 11.5 Å².